The van der Waals surface area contributed by atoms with Gasteiger partial charge in [-0.2, -0.15) is 0 Å². The molecule has 0 spiro atoms. The van der Waals surface area contributed by atoms with Gasteiger partial charge in [0.15, 0.2) is 0 Å². The summed E-state index contributed by atoms with van der Waals surface area (Å²) in [5.74, 6) is 0.424. The molecule has 0 aromatic rings. The van der Waals surface area contributed by atoms with Crippen LogP contribution < -0.4 is 10.5 Å². The van der Waals surface area contributed by atoms with Crippen molar-refractivity contribution in [1.82, 2.24) is 4.72 Å². The predicted molar refractivity (Wildman–Crippen MR) is 68.7 cm³/mol. The van der Waals surface area contributed by atoms with Gasteiger partial charge in [-0.05, 0) is 17.8 Å². The van der Waals surface area contributed by atoms with Gasteiger partial charge in [0.2, 0.25) is 10.0 Å². The van der Waals surface area contributed by atoms with E-state index in [1.807, 2.05) is 6.92 Å². The number of nitrogens with two attached hydrogens (primary N) is 1. The number of hydrogen-bond acceptors (Lipinski definition) is 3. The highest BCUT2D eigenvalue weighted by Crippen LogP contribution is 2.25. The maximum atomic E-state index is 11.9. The summed E-state index contributed by atoms with van der Waals surface area (Å²) in [5, 5.41) is -0.476. The van der Waals surface area contributed by atoms with E-state index in [2.05, 4.69) is 32.4 Å². The second-order valence-corrected chi connectivity index (χ2v) is 7.32. The van der Waals surface area contributed by atoms with Crippen LogP contribution in [0, 0.1) is 11.3 Å². The fourth-order valence-electron chi connectivity index (χ4n) is 1.12. The summed E-state index contributed by atoms with van der Waals surface area (Å²) in [7, 11) is -3.26. The molecule has 0 aliphatic heterocycles. The SMILES string of the molecule is CCC(CN)S(=O)(=O)NCC(C)(C)C(C)C. The standard InChI is InChI=1S/C11H26N2O2S/c1-6-10(7-12)16(14,15)13-8-11(4,5)9(2)3/h9-10,13H,6-8,12H2,1-5H3. The monoisotopic (exact) mass is 250 g/mol. The Morgan fingerprint density at radius 2 is 1.81 bits per heavy atom. The van der Waals surface area contributed by atoms with Gasteiger partial charge in [0.1, 0.15) is 0 Å². The molecular weight excluding hydrogens is 224 g/mol. The molecule has 0 aliphatic rings. The van der Waals surface area contributed by atoms with E-state index in [4.69, 9.17) is 5.73 Å². The van der Waals surface area contributed by atoms with Gasteiger partial charge >= 0.3 is 0 Å². The first kappa shape index (κ1) is 15.9. The van der Waals surface area contributed by atoms with Gasteiger partial charge in [-0.15, -0.1) is 0 Å². The van der Waals surface area contributed by atoms with Crippen molar-refractivity contribution in [2.24, 2.45) is 17.1 Å². The molecule has 0 bridgehead atoms. The first-order chi connectivity index (χ1) is 7.17. The Morgan fingerprint density at radius 3 is 2.12 bits per heavy atom. The zero-order chi connectivity index (χ0) is 13.0. The number of nitrogens with one attached hydrogen (secondary N) is 1. The van der Waals surface area contributed by atoms with Crippen LogP contribution in [0.1, 0.15) is 41.0 Å². The van der Waals surface area contributed by atoms with E-state index in [9.17, 15) is 8.42 Å². The smallest absolute Gasteiger partial charge is 0.215 e. The second-order valence-electron chi connectivity index (χ2n) is 5.28. The van der Waals surface area contributed by atoms with Gasteiger partial charge in [-0.1, -0.05) is 34.6 Å². The third-order valence-electron chi connectivity index (χ3n) is 3.45. The van der Waals surface area contributed by atoms with Crippen LogP contribution in [0.15, 0.2) is 0 Å². The van der Waals surface area contributed by atoms with Crippen LogP contribution in [-0.4, -0.2) is 26.8 Å². The molecule has 0 radical (unpaired) electrons. The molecule has 16 heavy (non-hydrogen) atoms. The first-order valence-corrected chi connectivity index (χ1v) is 7.40. The van der Waals surface area contributed by atoms with Gasteiger partial charge in [0, 0.05) is 13.1 Å². The van der Waals surface area contributed by atoms with E-state index >= 15 is 0 Å². The average molecular weight is 250 g/mol. The lowest BCUT2D eigenvalue weighted by atomic mass is 9.81. The van der Waals surface area contributed by atoms with Gasteiger partial charge in [-0.3, -0.25) is 0 Å². The Kier molecular flexibility index (Phi) is 5.93. The molecule has 0 amide bonds. The van der Waals surface area contributed by atoms with Crippen molar-refractivity contribution in [3.63, 3.8) is 0 Å². The van der Waals surface area contributed by atoms with Crippen LogP contribution in [0.4, 0.5) is 0 Å². The maximum Gasteiger partial charge on any atom is 0.215 e. The highest BCUT2D eigenvalue weighted by molar-refractivity contribution is 7.90. The minimum absolute atomic E-state index is 0.0417. The topological polar surface area (TPSA) is 72.2 Å². The van der Waals surface area contributed by atoms with Crippen LogP contribution in [0.2, 0.25) is 0 Å². The van der Waals surface area contributed by atoms with Crippen molar-refractivity contribution in [1.29, 1.82) is 0 Å². The minimum atomic E-state index is -3.26. The molecule has 98 valence electrons. The zero-order valence-corrected chi connectivity index (χ0v) is 11.9. The van der Waals surface area contributed by atoms with Crippen molar-refractivity contribution in [3.8, 4) is 0 Å². The van der Waals surface area contributed by atoms with Crippen molar-refractivity contribution < 1.29 is 8.42 Å². The highest BCUT2D eigenvalue weighted by atomic mass is 32.2. The summed E-state index contributed by atoms with van der Waals surface area (Å²) >= 11 is 0. The summed E-state index contributed by atoms with van der Waals surface area (Å²) in [4.78, 5) is 0. The fraction of sp³-hybridized carbons (Fsp3) is 1.00. The van der Waals surface area contributed by atoms with Gasteiger partial charge in [-0.25, -0.2) is 13.1 Å². The van der Waals surface area contributed by atoms with Crippen LogP contribution in [-0.2, 0) is 10.0 Å². The summed E-state index contributed by atoms with van der Waals surface area (Å²) < 4.78 is 26.4. The summed E-state index contributed by atoms with van der Waals surface area (Å²) in [6, 6.07) is 0. The average Bonchev–Trinajstić information content (AvgIpc) is 2.16. The van der Waals surface area contributed by atoms with Crippen molar-refractivity contribution >= 4 is 10.0 Å². The van der Waals surface area contributed by atoms with E-state index in [1.165, 1.54) is 0 Å². The third-order valence-corrected chi connectivity index (χ3v) is 5.40. The van der Waals surface area contributed by atoms with Crippen LogP contribution >= 0.6 is 0 Å². The van der Waals surface area contributed by atoms with Crippen LogP contribution in [0.5, 0.6) is 0 Å². The summed E-state index contributed by atoms with van der Waals surface area (Å²) in [5.41, 5.74) is 5.41. The number of rotatable bonds is 7. The molecule has 1 atom stereocenters. The Labute approximate surface area is 100 Å². The highest BCUT2D eigenvalue weighted by Gasteiger charge is 2.27. The molecule has 0 aliphatic carbocycles. The Hall–Kier alpha value is -0.130. The molecule has 4 nitrogen and oxygen atoms in total. The molecule has 0 rings (SSSR count). The first-order valence-electron chi connectivity index (χ1n) is 5.86. The third kappa shape index (κ3) is 4.39. The fourth-order valence-corrected chi connectivity index (χ4v) is 2.62. The summed E-state index contributed by atoms with van der Waals surface area (Å²) in [6.45, 7) is 10.8. The largest absolute Gasteiger partial charge is 0.329 e. The molecule has 0 aromatic heterocycles. The Balaban J connectivity index is 4.51. The molecule has 0 aromatic carbocycles. The molecular formula is C11H26N2O2S. The molecule has 5 heteroatoms. The molecule has 0 saturated carbocycles. The normalized spacial score (nSPS) is 15.4. The molecule has 1 unspecified atom stereocenters. The second kappa shape index (κ2) is 5.98. The number of hydrogen-bond donors (Lipinski definition) is 2. The van der Waals surface area contributed by atoms with E-state index in [-0.39, 0.29) is 12.0 Å². The van der Waals surface area contributed by atoms with Crippen LogP contribution in [0.25, 0.3) is 0 Å². The molecule has 0 heterocycles. The zero-order valence-electron chi connectivity index (χ0n) is 11.1. The van der Waals surface area contributed by atoms with Gasteiger partial charge < -0.3 is 5.73 Å². The minimum Gasteiger partial charge on any atom is -0.329 e. The lowest BCUT2D eigenvalue weighted by Gasteiger charge is -2.30. The lowest BCUT2D eigenvalue weighted by Crippen LogP contribution is -2.43. The van der Waals surface area contributed by atoms with Gasteiger partial charge in [0.05, 0.1) is 5.25 Å². The van der Waals surface area contributed by atoms with Crippen LogP contribution in [0.3, 0.4) is 0 Å². The van der Waals surface area contributed by atoms with E-state index in [0.29, 0.717) is 18.9 Å². The number of sulfonamides is 1. The van der Waals surface area contributed by atoms with Crippen molar-refractivity contribution in [3.05, 3.63) is 0 Å². The maximum absolute atomic E-state index is 11.9. The lowest BCUT2D eigenvalue weighted by molar-refractivity contribution is 0.252. The van der Waals surface area contributed by atoms with E-state index < -0.39 is 15.3 Å². The molecule has 3 N–H and O–H groups in total. The molecule has 0 saturated heterocycles. The van der Waals surface area contributed by atoms with Gasteiger partial charge in [0.25, 0.3) is 0 Å². The summed E-state index contributed by atoms with van der Waals surface area (Å²) in [6.07, 6.45) is 0.550. The van der Waals surface area contributed by atoms with Crippen molar-refractivity contribution in [2.45, 2.75) is 46.3 Å². The Bertz CT molecular complexity index is 293. The Morgan fingerprint density at radius 1 is 1.31 bits per heavy atom. The van der Waals surface area contributed by atoms with E-state index in [1.54, 1.807) is 0 Å². The molecule has 0 fully saturated rings. The van der Waals surface area contributed by atoms with E-state index in [0.717, 1.165) is 0 Å². The van der Waals surface area contributed by atoms with Crippen molar-refractivity contribution in [2.75, 3.05) is 13.1 Å². The predicted octanol–water partition coefficient (Wildman–Crippen LogP) is 1.33. The quantitative estimate of drug-likeness (QED) is 0.716.